The van der Waals surface area contributed by atoms with Crippen molar-refractivity contribution in [1.29, 1.82) is 0 Å². The van der Waals surface area contributed by atoms with Gasteiger partial charge in [0.15, 0.2) is 0 Å². The summed E-state index contributed by atoms with van der Waals surface area (Å²) in [5.74, 6) is 0.606. The third-order valence-electron chi connectivity index (χ3n) is 2.65. The summed E-state index contributed by atoms with van der Waals surface area (Å²) < 4.78 is 19.2. The molecule has 0 saturated carbocycles. The van der Waals surface area contributed by atoms with E-state index < -0.39 is 0 Å². The first kappa shape index (κ1) is 14.4. The smallest absolute Gasteiger partial charge is 0.238 e. The van der Waals surface area contributed by atoms with Gasteiger partial charge in [-0.05, 0) is 42.8 Å². The number of ether oxygens (including phenoxy) is 1. The van der Waals surface area contributed by atoms with Gasteiger partial charge in [0, 0.05) is 18.8 Å². The van der Waals surface area contributed by atoms with Crippen LogP contribution in [-0.2, 0) is 6.42 Å². The van der Waals surface area contributed by atoms with Crippen LogP contribution in [0.2, 0.25) is 0 Å². The van der Waals surface area contributed by atoms with Gasteiger partial charge in [-0.15, -0.1) is 5.10 Å². The van der Waals surface area contributed by atoms with Gasteiger partial charge in [-0.2, -0.15) is 5.10 Å². The van der Waals surface area contributed by atoms with Crippen molar-refractivity contribution in [3.63, 3.8) is 0 Å². The van der Waals surface area contributed by atoms with Gasteiger partial charge in [0.2, 0.25) is 5.88 Å². The Bertz CT molecular complexity index is 537. The molecule has 0 amide bonds. The Labute approximate surface area is 116 Å². The van der Waals surface area contributed by atoms with Gasteiger partial charge in [0.25, 0.3) is 0 Å². The predicted molar refractivity (Wildman–Crippen MR) is 72.2 cm³/mol. The van der Waals surface area contributed by atoms with E-state index in [1.807, 2.05) is 0 Å². The van der Waals surface area contributed by atoms with Gasteiger partial charge >= 0.3 is 0 Å². The third-order valence-corrected chi connectivity index (χ3v) is 2.65. The summed E-state index contributed by atoms with van der Waals surface area (Å²) in [6, 6.07) is 7.96. The van der Waals surface area contributed by atoms with Crippen LogP contribution >= 0.6 is 0 Å². The van der Waals surface area contributed by atoms with Gasteiger partial charge in [-0.3, -0.25) is 0 Å². The lowest BCUT2D eigenvalue weighted by molar-refractivity contribution is 0.292. The van der Waals surface area contributed by atoms with E-state index in [2.05, 4.69) is 15.5 Å². The minimum absolute atomic E-state index is 0.0678. The normalized spacial score (nSPS) is 10.5. The zero-order chi connectivity index (χ0) is 14.2. The maximum absolute atomic E-state index is 13.7. The highest BCUT2D eigenvalue weighted by Crippen LogP contribution is 2.21. The van der Waals surface area contributed by atoms with E-state index in [-0.39, 0.29) is 12.4 Å². The largest absolute Gasteiger partial charge is 0.438 e. The van der Waals surface area contributed by atoms with E-state index in [9.17, 15) is 4.39 Å². The number of hydrogen-bond acceptors (Lipinski definition) is 5. The molecule has 20 heavy (non-hydrogen) atoms. The molecule has 6 heteroatoms. The maximum Gasteiger partial charge on any atom is 0.238 e. The second-order valence-electron chi connectivity index (χ2n) is 4.14. The van der Waals surface area contributed by atoms with Crippen molar-refractivity contribution < 1.29 is 14.2 Å². The maximum atomic E-state index is 13.7. The molecule has 0 atom stereocenters. The highest BCUT2D eigenvalue weighted by Gasteiger charge is 2.06. The van der Waals surface area contributed by atoms with Crippen molar-refractivity contribution in [3.8, 4) is 11.6 Å². The molecular formula is C14H16FN3O2. The molecule has 1 heterocycles. The number of nitrogens with zero attached hydrogens (tertiary/aromatic N) is 2. The fourth-order valence-electron chi connectivity index (χ4n) is 1.70. The first-order valence-corrected chi connectivity index (χ1v) is 6.35. The number of benzene rings is 1. The fourth-order valence-corrected chi connectivity index (χ4v) is 1.70. The average Bonchev–Trinajstić information content (AvgIpc) is 2.48. The molecule has 1 aromatic heterocycles. The second kappa shape index (κ2) is 7.52. The average molecular weight is 277 g/mol. The molecular weight excluding hydrogens is 261 g/mol. The molecule has 2 aromatic rings. The van der Waals surface area contributed by atoms with Crippen molar-refractivity contribution in [2.75, 3.05) is 19.7 Å². The molecule has 1 aromatic carbocycles. The number of halogens is 1. The van der Waals surface area contributed by atoms with E-state index in [0.29, 0.717) is 36.7 Å². The van der Waals surface area contributed by atoms with Gasteiger partial charge in [0.05, 0.1) is 6.61 Å². The van der Waals surface area contributed by atoms with Crippen LogP contribution in [0.15, 0.2) is 36.5 Å². The molecule has 0 radical (unpaired) electrons. The molecule has 0 saturated heterocycles. The monoisotopic (exact) mass is 277 g/mol. The van der Waals surface area contributed by atoms with Gasteiger partial charge < -0.3 is 15.2 Å². The van der Waals surface area contributed by atoms with E-state index in [4.69, 9.17) is 9.84 Å². The lowest BCUT2D eigenvalue weighted by Crippen LogP contribution is -2.21. The van der Waals surface area contributed by atoms with E-state index in [0.717, 1.165) is 0 Å². The number of aromatic nitrogens is 2. The zero-order valence-corrected chi connectivity index (χ0v) is 10.9. The summed E-state index contributed by atoms with van der Waals surface area (Å²) in [5, 5.41) is 19.2. The predicted octanol–water partition coefficient (Wildman–Crippen LogP) is 1.53. The highest BCUT2D eigenvalue weighted by atomic mass is 19.1. The van der Waals surface area contributed by atoms with Crippen LogP contribution in [-0.4, -0.2) is 35.0 Å². The first-order chi connectivity index (χ1) is 9.79. The lowest BCUT2D eigenvalue weighted by atomic mass is 10.1. The van der Waals surface area contributed by atoms with Crippen LogP contribution in [0.1, 0.15) is 5.56 Å². The van der Waals surface area contributed by atoms with Gasteiger partial charge in [0.1, 0.15) is 11.6 Å². The minimum Gasteiger partial charge on any atom is -0.438 e. The summed E-state index contributed by atoms with van der Waals surface area (Å²) >= 11 is 0. The SMILES string of the molecule is OCCNCCc1cc(Oc2cccnn2)ccc1F. The molecule has 0 aliphatic carbocycles. The van der Waals surface area contributed by atoms with E-state index in [1.54, 1.807) is 30.5 Å². The van der Waals surface area contributed by atoms with Crippen molar-refractivity contribution in [2.45, 2.75) is 6.42 Å². The third kappa shape index (κ3) is 4.25. The Morgan fingerprint density at radius 1 is 1.25 bits per heavy atom. The van der Waals surface area contributed by atoms with Crippen LogP contribution in [0.4, 0.5) is 4.39 Å². The standard InChI is InChI=1S/C14H16FN3O2/c15-13-4-3-12(20-14-2-1-6-17-18-14)10-11(13)5-7-16-8-9-19/h1-4,6,10,16,19H,5,7-9H2. The molecule has 0 bridgehead atoms. The van der Waals surface area contributed by atoms with Crippen LogP contribution in [0.3, 0.4) is 0 Å². The molecule has 5 nitrogen and oxygen atoms in total. The Balaban J connectivity index is 2.00. The topological polar surface area (TPSA) is 67.3 Å². The van der Waals surface area contributed by atoms with Crippen molar-refractivity contribution in [2.24, 2.45) is 0 Å². The van der Waals surface area contributed by atoms with Crippen molar-refractivity contribution >= 4 is 0 Å². The number of aliphatic hydroxyl groups is 1. The molecule has 2 N–H and O–H groups in total. The number of hydrogen-bond donors (Lipinski definition) is 2. The van der Waals surface area contributed by atoms with Crippen molar-refractivity contribution in [1.82, 2.24) is 15.5 Å². The minimum atomic E-state index is -0.276. The van der Waals surface area contributed by atoms with Crippen LogP contribution < -0.4 is 10.1 Å². The summed E-state index contributed by atoms with van der Waals surface area (Å²) in [4.78, 5) is 0. The molecule has 0 spiro atoms. The molecule has 0 aliphatic heterocycles. The number of rotatable bonds is 7. The van der Waals surface area contributed by atoms with Crippen LogP contribution in [0.5, 0.6) is 11.6 Å². The Hall–Kier alpha value is -2.05. The quantitative estimate of drug-likeness (QED) is 0.751. The number of nitrogens with one attached hydrogen (secondary N) is 1. The first-order valence-electron chi connectivity index (χ1n) is 6.35. The number of aliphatic hydroxyl groups excluding tert-OH is 1. The molecule has 0 unspecified atom stereocenters. The lowest BCUT2D eigenvalue weighted by Gasteiger charge is -2.08. The van der Waals surface area contributed by atoms with Crippen molar-refractivity contribution in [3.05, 3.63) is 47.9 Å². The Morgan fingerprint density at radius 3 is 2.90 bits per heavy atom. The molecule has 2 rings (SSSR count). The fraction of sp³-hybridized carbons (Fsp3) is 0.286. The van der Waals surface area contributed by atoms with E-state index in [1.165, 1.54) is 6.07 Å². The van der Waals surface area contributed by atoms with Gasteiger partial charge in [-0.1, -0.05) is 0 Å². The van der Waals surface area contributed by atoms with Crippen LogP contribution in [0.25, 0.3) is 0 Å². The Morgan fingerprint density at radius 2 is 2.15 bits per heavy atom. The molecule has 0 aliphatic rings. The van der Waals surface area contributed by atoms with Gasteiger partial charge in [-0.25, -0.2) is 4.39 Å². The summed E-state index contributed by atoms with van der Waals surface area (Å²) in [7, 11) is 0. The van der Waals surface area contributed by atoms with Crippen LogP contribution in [0, 0.1) is 5.82 Å². The second-order valence-corrected chi connectivity index (χ2v) is 4.14. The highest BCUT2D eigenvalue weighted by molar-refractivity contribution is 5.32. The molecule has 106 valence electrons. The van der Waals surface area contributed by atoms with E-state index >= 15 is 0 Å². The summed E-state index contributed by atoms with van der Waals surface area (Å²) in [6.07, 6.45) is 2.07. The zero-order valence-electron chi connectivity index (χ0n) is 10.9. The molecule has 0 fully saturated rings. The Kier molecular flexibility index (Phi) is 5.40. The summed E-state index contributed by atoms with van der Waals surface area (Å²) in [6.45, 7) is 1.15. The summed E-state index contributed by atoms with van der Waals surface area (Å²) in [5.41, 5.74) is 0.553.